The molecule has 0 fully saturated rings. The average Bonchev–Trinajstić information content (AvgIpc) is 2.72. The molecule has 0 saturated heterocycles. The summed E-state index contributed by atoms with van der Waals surface area (Å²) in [5, 5.41) is 6.98. The van der Waals surface area contributed by atoms with Crippen LogP contribution in [0.5, 0.6) is 0 Å². The van der Waals surface area contributed by atoms with Crippen molar-refractivity contribution < 1.29 is 34.4 Å². The molecule has 3 rings (SSSR count). The molecule has 2 nitrogen and oxygen atoms in total. The Morgan fingerprint density at radius 2 is 1.79 bits per heavy atom. The summed E-state index contributed by atoms with van der Waals surface area (Å²) in [6.45, 7) is 3.28. The maximum absolute atomic E-state index is 13.1. The predicted octanol–water partition coefficient (Wildman–Crippen LogP) is 2.58. The number of rotatable bonds is 3. The van der Waals surface area contributed by atoms with E-state index in [-0.39, 0.29) is 12.1 Å². The Bertz CT molecular complexity index is 862. The van der Waals surface area contributed by atoms with Crippen molar-refractivity contribution in [2.75, 3.05) is 4.55 Å². The molecular formula is C23H25F3IN2-. The van der Waals surface area contributed by atoms with Crippen molar-refractivity contribution in [2.45, 2.75) is 38.0 Å². The molecule has 1 heterocycles. The van der Waals surface area contributed by atoms with Gasteiger partial charge in [-0.15, -0.1) is 0 Å². The molecule has 6 heteroatoms. The van der Waals surface area contributed by atoms with E-state index in [1.54, 1.807) is 18.2 Å². The molecule has 0 aliphatic carbocycles. The van der Waals surface area contributed by atoms with E-state index < -0.39 is 33.3 Å². The van der Waals surface area contributed by atoms with Gasteiger partial charge in [0, 0.05) is 0 Å². The first-order chi connectivity index (χ1) is 13.8. The van der Waals surface area contributed by atoms with Gasteiger partial charge in [0.2, 0.25) is 0 Å². The van der Waals surface area contributed by atoms with Crippen LogP contribution in [0.4, 0.5) is 13.2 Å². The van der Waals surface area contributed by atoms with Crippen LogP contribution in [-0.2, 0) is 0 Å². The minimum absolute atomic E-state index is 0.121. The molecule has 0 amide bonds. The van der Waals surface area contributed by atoms with Gasteiger partial charge in [0.15, 0.2) is 0 Å². The molecule has 0 aromatic heterocycles. The number of alkyl halides is 4. The Hall–Kier alpha value is -1.80. The maximum atomic E-state index is 13.1. The average molecular weight is 513 g/mol. The normalized spacial score (nSPS) is 24.9. The summed E-state index contributed by atoms with van der Waals surface area (Å²) in [6, 6.07) is 17.4. The SMILES string of the molecule is CC1/C=C\C(c2ccccc2)NC[I-]/C(c2cccc([C@H](C)C(F)(F)F)c2)=C\N1. The van der Waals surface area contributed by atoms with Crippen LogP contribution in [-0.4, -0.2) is 16.8 Å². The number of benzene rings is 2. The predicted molar refractivity (Wildman–Crippen MR) is 108 cm³/mol. The second kappa shape index (κ2) is 9.80. The zero-order chi connectivity index (χ0) is 20.9. The first kappa shape index (κ1) is 21.9. The van der Waals surface area contributed by atoms with E-state index >= 15 is 0 Å². The van der Waals surface area contributed by atoms with Crippen LogP contribution in [0.1, 0.15) is 42.5 Å². The van der Waals surface area contributed by atoms with Crippen molar-refractivity contribution in [1.29, 1.82) is 0 Å². The van der Waals surface area contributed by atoms with Gasteiger partial charge in [-0.25, -0.2) is 0 Å². The molecule has 2 aromatic rings. The van der Waals surface area contributed by atoms with E-state index in [0.717, 1.165) is 13.7 Å². The van der Waals surface area contributed by atoms with Gasteiger partial charge in [0.25, 0.3) is 0 Å². The number of nitrogens with one attached hydrogen (secondary N) is 2. The summed E-state index contributed by atoms with van der Waals surface area (Å²) in [4.78, 5) is 0. The van der Waals surface area contributed by atoms with Crippen molar-refractivity contribution >= 4 is 3.58 Å². The molecule has 1 aliphatic rings. The van der Waals surface area contributed by atoms with Gasteiger partial charge in [0.05, 0.1) is 0 Å². The molecule has 2 aromatic carbocycles. The Balaban J connectivity index is 1.82. The molecule has 29 heavy (non-hydrogen) atoms. The summed E-state index contributed by atoms with van der Waals surface area (Å²) < 4.78 is 41.4. The van der Waals surface area contributed by atoms with E-state index in [4.69, 9.17) is 0 Å². The monoisotopic (exact) mass is 513 g/mol. The first-order valence-corrected chi connectivity index (χ1v) is 12.1. The third-order valence-corrected chi connectivity index (χ3v) is 7.46. The van der Waals surface area contributed by atoms with Crippen molar-refractivity contribution in [2.24, 2.45) is 0 Å². The second-order valence-electron chi connectivity index (χ2n) is 7.08. The fourth-order valence-electron chi connectivity index (χ4n) is 3.03. The molecule has 2 unspecified atom stereocenters. The Morgan fingerprint density at radius 3 is 2.52 bits per heavy atom. The van der Waals surface area contributed by atoms with Gasteiger partial charge >= 0.3 is 181 Å². The first-order valence-electron chi connectivity index (χ1n) is 9.53. The molecule has 0 radical (unpaired) electrons. The summed E-state index contributed by atoms with van der Waals surface area (Å²) in [5.41, 5.74) is 2.38. The molecule has 0 bridgehead atoms. The quantitative estimate of drug-likeness (QED) is 0.286. The van der Waals surface area contributed by atoms with E-state index in [0.29, 0.717) is 5.56 Å². The topological polar surface area (TPSA) is 24.1 Å². The van der Waals surface area contributed by atoms with Crippen LogP contribution in [0.25, 0.3) is 3.58 Å². The Morgan fingerprint density at radius 1 is 1.03 bits per heavy atom. The molecule has 2 N–H and O–H groups in total. The molecule has 0 spiro atoms. The summed E-state index contributed by atoms with van der Waals surface area (Å²) in [5.74, 6) is -1.48. The van der Waals surface area contributed by atoms with Gasteiger partial charge in [-0.2, -0.15) is 0 Å². The second-order valence-corrected chi connectivity index (χ2v) is 9.77. The minimum atomic E-state index is -4.24. The summed E-state index contributed by atoms with van der Waals surface area (Å²) in [6.07, 6.45) is 2.02. The molecule has 156 valence electrons. The van der Waals surface area contributed by atoms with Gasteiger partial charge in [-0.3, -0.25) is 0 Å². The number of halogens is 4. The summed E-state index contributed by atoms with van der Waals surface area (Å²) >= 11 is -0.432. The Labute approximate surface area is 180 Å². The standard InChI is InChI=1S/C23H25F3IN2/c1-16-11-12-22(18-7-4-3-5-8-18)29-15-27-21(14-28-16)20-10-6-9-19(13-20)17(2)23(24,25)26/h3-14,16-17,22,28-29H,15H2,1-2H3/q-1/b12-11-,21-14-/t16?,17-,22?/m0/s1. The van der Waals surface area contributed by atoms with Crippen LogP contribution < -0.4 is 31.8 Å². The van der Waals surface area contributed by atoms with Crippen LogP contribution in [0.15, 0.2) is 72.9 Å². The third kappa shape index (κ3) is 6.09. The number of hydrogen-bond acceptors (Lipinski definition) is 2. The van der Waals surface area contributed by atoms with Gasteiger partial charge in [0.1, 0.15) is 0 Å². The van der Waals surface area contributed by atoms with Crippen molar-refractivity contribution in [3.05, 3.63) is 89.6 Å². The van der Waals surface area contributed by atoms with Crippen LogP contribution in [0.3, 0.4) is 0 Å². The Kier molecular flexibility index (Phi) is 7.40. The third-order valence-electron chi connectivity index (χ3n) is 4.89. The van der Waals surface area contributed by atoms with E-state index in [9.17, 15) is 13.2 Å². The van der Waals surface area contributed by atoms with Gasteiger partial charge < -0.3 is 0 Å². The fraction of sp³-hybridized carbons (Fsp3) is 0.304. The van der Waals surface area contributed by atoms with E-state index in [1.165, 1.54) is 12.5 Å². The number of hydrogen-bond donors (Lipinski definition) is 2. The van der Waals surface area contributed by atoms with Crippen LogP contribution in [0, 0.1) is 0 Å². The zero-order valence-corrected chi connectivity index (χ0v) is 18.5. The van der Waals surface area contributed by atoms with E-state index in [1.807, 2.05) is 30.5 Å². The summed E-state index contributed by atoms with van der Waals surface area (Å²) in [7, 11) is 0. The van der Waals surface area contributed by atoms with Crippen molar-refractivity contribution in [1.82, 2.24) is 10.6 Å². The molecule has 1 aliphatic heterocycles. The van der Waals surface area contributed by atoms with Crippen molar-refractivity contribution in [3.63, 3.8) is 0 Å². The zero-order valence-electron chi connectivity index (χ0n) is 16.4. The molecule has 0 saturated carbocycles. The molecule has 3 atom stereocenters. The fourth-order valence-corrected chi connectivity index (χ4v) is 5.32. The van der Waals surface area contributed by atoms with Crippen LogP contribution in [0.2, 0.25) is 0 Å². The van der Waals surface area contributed by atoms with Gasteiger partial charge in [-0.1, -0.05) is 0 Å². The van der Waals surface area contributed by atoms with Crippen molar-refractivity contribution in [3.8, 4) is 0 Å². The van der Waals surface area contributed by atoms with Crippen LogP contribution >= 0.6 is 0 Å². The van der Waals surface area contributed by atoms with E-state index in [2.05, 4.69) is 41.8 Å². The molecular weight excluding hydrogens is 488 g/mol. The van der Waals surface area contributed by atoms with Gasteiger partial charge in [-0.05, 0) is 0 Å².